The normalized spacial score (nSPS) is 11.3. The van der Waals surface area contributed by atoms with E-state index in [2.05, 4.69) is 35.9 Å². The first-order valence-corrected chi connectivity index (χ1v) is 13.4. The zero-order chi connectivity index (χ0) is 18.3. The molecule has 0 spiro atoms. The average molecular weight is 472 g/mol. The SMILES string of the molecule is C[Se]c1cc2ccccc2c(-c2c(O)c([Se]C)cc3ccccc23)c1O. The van der Waals surface area contributed by atoms with E-state index in [-0.39, 0.29) is 29.9 Å². The molecule has 0 atom stereocenters. The van der Waals surface area contributed by atoms with Crippen molar-refractivity contribution in [2.45, 2.75) is 11.6 Å². The van der Waals surface area contributed by atoms with Gasteiger partial charge in [0.15, 0.2) is 0 Å². The van der Waals surface area contributed by atoms with Crippen LogP contribution < -0.4 is 8.92 Å². The summed E-state index contributed by atoms with van der Waals surface area (Å²) in [7, 11) is 0. The molecule has 26 heavy (non-hydrogen) atoms. The number of benzene rings is 4. The van der Waals surface area contributed by atoms with Gasteiger partial charge >= 0.3 is 166 Å². The molecule has 0 saturated heterocycles. The zero-order valence-corrected chi connectivity index (χ0v) is 17.9. The van der Waals surface area contributed by atoms with E-state index in [0.29, 0.717) is 11.5 Å². The van der Waals surface area contributed by atoms with Crippen molar-refractivity contribution >= 4 is 60.4 Å². The zero-order valence-electron chi connectivity index (χ0n) is 14.5. The topological polar surface area (TPSA) is 40.5 Å². The van der Waals surface area contributed by atoms with Crippen molar-refractivity contribution in [3.63, 3.8) is 0 Å². The van der Waals surface area contributed by atoms with Crippen LogP contribution in [0.1, 0.15) is 0 Å². The third-order valence-corrected chi connectivity index (χ3v) is 7.82. The van der Waals surface area contributed by atoms with Gasteiger partial charge in [-0.15, -0.1) is 0 Å². The summed E-state index contributed by atoms with van der Waals surface area (Å²) in [5.41, 5.74) is 1.50. The molecular formula is C22H18O2Se2. The fourth-order valence-electron chi connectivity index (χ4n) is 3.44. The van der Waals surface area contributed by atoms with Crippen LogP contribution in [0.5, 0.6) is 11.5 Å². The second-order valence-corrected chi connectivity index (χ2v) is 9.61. The molecule has 0 unspecified atom stereocenters. The van der Waals surface area contributed by atoms with Crippen LogP contribution in [0, 0.1) is 0 Å². The fraction of sp³-hybridized carbons (Fsp3) is 0.0909. The van der Waals surface area contributed by atoms with E-state index in [1.165, 1.54) is 0 Å². The van der Waals surface area contributed by atoms with Crippen LogP contribution in [0.15, 0.2) is 60.7 Å². The number of phenolic OH excluding ortho intramolecular Hbond substituents is 2. The van der Waals surface area contributed by atoms with Gasteiger partial charge in [0, 0.05) is 0 Å². The number of aromatic hydroxyl groups is 2. The van der Waals surface area contributed by atoms with Crippen LogP contribution in [-0.2, 0) is 0 Å². The summed E-state index contributed by atoms with van der Waals surface area (Å²) in [6, 6.07) is 20.3. The van der Waals surface area contributed by atoms with Gasteiger partial charge in [-0.2, -0.15) is 0 Å². The number of phenols is 2. The number of hydrogen-bond donors (Lipinski definition) is 2. The summed E-state index contributed by atoms with van der Waals surface area (Å²) in [6.45, 7) is 0. The molecule has 0 aliphatic rings. The van der Waals surface area contributed by atoms with E-state index in [9.17, 15) is 10.2 Å². The van der Waals surface area contributed by atoms with Crippen molar-refractivity contribution in [2.75, 3.05) is 0 Å². The van der Waals surface area contributed by atoms with Crippen LogP contribution in [0.3, 0.4) is 0 Å². The Morgan fingerprint density at radius 2 is 1.00 bits per heavy atom. The molecule has 0 aliphatic carbocycles. The maximum atomic E-state index is 11.1. The van der Waals surface area contributed by atoms with Crippen LogP contribution in [0.2, 0.25) is 11.6 Å². The van der Waals surface area contributed by atoms with Crippen LogP contribution in [0.25, 0.3) is 32.7 Å². The van der Waals surface area contributed by atoms with Crippen molar-refractivity contribution in [2.24, 2.45) is 0 Å². The molecule has 4 aromatic carbocycles. The van der Waals surface area contributed by atoms with Crippen molar-refractivity contribution in [3.05, 3.63) is 60.7 Å². The Hall–Kier alpha value is -1.96. The van der Waals surface area contributed by atoms with Crippen LogP contribution in [-0.4, -0.2) is 40.1 Å². The Morgan fingerprint density at radius 1 is 0.615 bits per heavy atom. The number of rotatable bonds is 3. The Kier molecular flexibility index (Phi) is 4.69. The van der Waals surface area contributed by atoms with Crippen molar-refractivity contribution in [3.8, 4) is 22.6 Å². The Morgan fingerprint density at radius 3 is 1.38 bits per heavy atom. The summed E-state index contributed by atoms with van der Waals surface area (Å²) < 4.78 is 1.92. The number of fused-ring (bicyclic) bond motifs is 2. The minimum atomic E-state index is 0.153. The van der Waals surface area contributed by atoms with E-state index >= 15 is 0 Å². The van der Waals surface area contributed by atoms with Gasteiger partial charge in [0.05, 0.1) is 0 Å². The summed E-state index contributed by atoms with van der Waals surface area (Å²) in [5.74, 6) is 4.80. The molecule has 0 amide bonds. The molecule has 2 nitrogen and oxygen atoms in total. The molecule has 0 fully saturated rings. The Bertz CT molecular complexity index is 1040. The molecule has 0 aromatic heterocycles. The fourth-order valence-corrected chi connectivity index (χ4v) is 5.71. The third kappa shape index (κ3) is 2.71. The third-order valence-electron chi connectivity index (χ3n) is 4.66. The molecule has 130 valence electrons. The Labute approximate surface area is 165 Å². The van der Waals surface area contributed by atoms with Crippen LogP contribution >= 0.6 is 0 Å². The molecule has 0 bridgehead atoms. The first-order chi connectivity index (χ1) is 12.7. The van der Waals surface area contributed by atoms with Gasteiger partial charge in [-0.05, 0) is 0 Å². The first-order valence-electron chi connectivity index (χ1n) is 8.23. The van der Waals surface area contributed by atoms with Gasteiger partial charge in [-0.3, -0.25) is 0 Å². The second kappa shape index (κ2) is 6.98. The first kappa shape index (κ1) is 17.5. The van der Waals surface area contributed by atoms with Crippen molar-refractivity contribution in [1.29, 1.82) is 0 Å². The monoisotopic (exact) mass is 474 g/mol. The molecule has 4 heteroatoms. The summed E-state index contributed by atoms with van der Waals surface area (Å²) in [4.78, 5) is 0. The van der Waals surface area contributed by atoms with Crippen molar-refractivity contribution in [1.82, 2.24) is 0 Å². The standard InChI is InChI=1S/C22H18O2Se2/c1-25-17-11-13-7-3-5-9-15(13)19(21(17)23)20-16-10-6-4-8-14(16)12-18(26-2)22(20)24/h3-12,23-24H,1-2H3. The van der Waals surface area contributed by atoms with E-state index in [1.807, 2.05) is 36.4 Å². The van der Waals surface area contributed by atoms with Crippen LogP contribution in [0.4, 0.5) is 0 Å². The maximum absolute atomic E-state index is 11.1. The Balaban J connectivity index is 2.24. The van der Waals surface area contributed by atoms with Gasteiger partial charge < -0.3 is 0 Å². The molecule has 0 aliphatic heterocycles. The van der Waals surface area contributed by atoms with Crippen molar-refractivity contribution < 1.29 is 10.2 Å². The van der Waals surface area contributed by atoms with Gasteiger partial charge in [0.2, 0.25) is 0 Å². The molecule has 4 rings (SSSR count). The average Bonchev–Trinajstić information content (AvgIpc) is 2.68. The predicted octanol–water partition coefficient (Wildman–Crippen LogP) is 3.83. The van der Waals surface area contributed by atoms with Gasteiger partial charge in [-0.25, -0.2) is 0 Å². The van der Waals surface area contributed by atoms with Gasteiger partial charge in [0.1, 0.15) is 0 Å². The van der Waals surface area contributed by atoms with E-state index in [0.717, 1.165) is 41.6 Å². The molecule has 0 saturated carbocycles. The predicted molar refractivity (Wildman–Crippen MR) is 113 cm³/mol. The molecule has 0 radical (unpaired) electrons. The summed E-state index contributed by atoms with van der Waals surface area (Å²) in [6.07, 6.45) is 0. The van der Waals surface area contributed by atoms with Gasteiger partial charge in [0.25, 0.3) is 0 Å². The van der Waals surface area contributed by atoms with Gasteiger partial charge in [-0.1, -0.05) is 0 Å². The second-order valence-electron chi connectivity index (χ2n) is 6.05. The van der Waals surface area contributed by atoms with E-state index in [1.54, 1.807) is 0 Å². The molecular weight excluding hydrogens is 454 g/mol. The van der Waals surface area contributed by atoms with E-state index < -0.39 is 0 Å². The van der Waals surface area contributed by atoms with E-state index in [4.69, 9.17) is 0 Å². The minimum absolute atomic E-state index is 0.153. The summed E-state index contributed by atoms with van der Waals surface area (Å²) in [5, 5.41) is 26.3. The molecule has 4 aromatic rings. The summed E-state index contributed by atoms with van der Waals surface area (Å²) >= 11 is 0.307. The molecule has 2 N–H and O–H groups in total. The molecule has 0 heterocycles. The number of hydrogen-bond acceptors (Lipinski definition) is 2. The quantitative estimate of drug-likeness (QED) is 0.446.